The Hall–Kier alpha value is -1.74. The van der Waals surface area contributed by atoms with Gasteiger partial charge in [0.2, 0.25) is 0 Å². The highest BCUT2D eigenvalue weighted by Crippen LogP contribution is 2.36. The second-order valence-corrected chi connectivity index (χ2v) is 6.78. The van der Waals surface area contributed by atoms with E-state index in [0.29, 0.717) is 6.42 Å². The molecule has 1 aromatic carbocycles. The summed E-state index contributed by atoms with van der Waals surface area (Å²) in [6.45, 7) is 1.50. The van der Waals surface area contributed by atoms with E-state index in [1.54, 1.807) is 4.90 Å². The topological polar surface area (TPSA) is 67.6 Å². The Morgan fingerprint density at radius 3 is 2.59 bits per heavy atom. The van der Waals surface area contributed by atoms with Crippen molar-refractivity contribution in [3.63, 3.8) is 0 Å². The van der Waals surface area contributed by atoms with Gasteiger partial charge in [-0.1, -0.05) is 6.07 Å². The molecule has 116 valence electrons. The second-order valence-electron chi connectivity index (χ2n) is 5.92. The third kappa shape index (κ3) is 2.78. The van der Waals surface area contributed by atoms with Crippen LogP contribution < -0.4 is 4.90 Å². The summed E-state index contributed by atoms with van der Waals surface area (Å²) < 4.78 is 1.02. The van der Waals surface area contributed by atoms with Gasteiger partial charge in [0, 0.05) is 24.0 Å². The van der Waals surface area contributed by atoms with Crippen molar-refractivity contribution in [1.82, 2.24) is 4.90 Å². The number of nitrogens with zero attached hydrogens (tertiary/aromatic N) is 3. The number of fused-ring (bicyclic) bond motifs is 2. The third-order valence-electron chi connectivity index (χ3n) is 4.58. The predicted molar refractivity (Wildman–Crippen MR) is 87.0 cm³/mol. The van der Waals surface area contributed by atoms with Crippen LogP contribution in [0.2, 0.25) is 0 Å². The molecule has 3 rings (SSSR count). The van der Waals surface area contributed by atoms with Crippen LogP contribution in [0.3, 0.4) is 0 Å². The van der Waals surface area contributed by atoms with Crippen molar-refractivity contribution < 1.29 is 9.90 Å². The van der Waals surface area contributed by atoms with E-state index in [2.05, 4.69) is 45.1 Å². The van der Waals surface area contributed by atoms with Gasteiger partial charge in [0.25, 0.3) is 0 Å². The Kier molecular flexibility index (Phi) is 4.25. The van der Waals surface area contributed by atoms with Gasteiger partial charge in [-0.15, -0.1) is 0 Å². The zero-order chi connectivity index (χ0) is 15.7. The Morgan fingerprint density at radius 2 is 2.05 bits per heavy atom. The molecule has 2 bridgehead atoms. The molecule has 1 N–H and O–H groups in total. The molecule has 22 heavy (non-hydrogen) atoms. The highest BCUT2D eigenvalue weighted by atomic mass is 79.9. The maximum absolute atomic E-state index is 11.3. The fourth-order valence-electron chi connectivity index (χ4n) is 3.57. The number of rotatable bonds is 3. The van der Waals surface area contributed by atoms with Gasteiger partial charge in [-0.3, -0.25) is 4.90 Å². The number of halogens is 1. The standard InChI is InChI=1S/C16H18BrN3O2/c17-14-8-11(2-1-7-18)3-6-15(14)19-9-12-4-5-13(10-19)20(12)16(21)22/h3,6,8,12-13H,1-2,4-5,9-10H2,(H,21,22). The maximum atomic E-state index is 11.3. The fraction of sp³-hybridized carbons (Fsp3) is 0.500. The molecular formula is C16H18BrN3O2. The average molecular weight is 364 g/mol. The van der Waals surface area contributed by atoms with Crippen LogP contribution in [-0.4, -0.2) is 41.3 Å². The summed E-state index contributed by atoms with van der Waals surface area (Å²) >= 11 is 3.62. The molecule has 1 aromatic rings. The lowest BCUT2D eigenvalue weighted by molar-refractivity contribution is 0.115. The van der Waals surface area contributed by atoms with E-state index in [0.717, 1.165) is 48.1 Å². The summed E-state index contributed by atoms with van der Waals surface area (Å²) in [5, 5.41) is 18.0. The number of nitriles is 1. The molecule has 1 amide bonds. The first-order valence-electron chi connectivity index (χ1n) is 7.51. The molecule has 2 aliphatic heterocycles. The molecule has 2 saturated heterocycles. The Bertz CT molecular complexity index is 614. The first-order chi connectivity index (χ1) is 10.6. The van der Waals surface area contributed by atoms with Gasteiger partial charge < -0.3 is 10.0 Å². The number of carboxylic acid groups (broad SMARTS) is 1. The number of hydrogen-bond donors (Lipinski definition) is 1. The number of piperazine rings is 1. The van der Waals surface area contributed by atoms with E-state index in [1.807, 2.05) is 0 Å². The minimum atomic E-state index is -0.793. The minimum absolute atomic E-state index is 0.0985. The monoisotopic (exact) mass is 363 g/mol. The molecule has 0 spiro atoms. The van der Waals surface area contributed by atoms with Crippen molar-refractivity contribution in [3.05, 3.63) is 28.2 Å². The van der Waals surface area contributed by atoms with Crippen LogP contribution in [0, 0.1) is 11.3 Å². The SMILES string of the molecule is N#CCCc1ccc(N2CC3CCC(C2)N3C(=O)O)c(Br)c1. The van der Waals surface area contributed by atoms with Crippen LogP contribution in [0.1, 0.15) is 24.8 Å². The molecule has 2 heterocycles. The molecule has 2 aliphatic rings. The van der Waals surface area contributed by atoms with Crippen molar-refractivity contribution in [2.24, 2.45) is 0 Å². The van der Waals surface area contributed by atoms with Gasteiger partial charge in [0.1, 0.15) is 0 Å². The fourth-order valence-corrected chi connectivity index (χ4v) is 4.25. The molecule has 6 heteroatoms. The van der Waals surface area contributed by atoms with Crippen molar-refractivity contribution >= 4 is 27.7 Å². The van der Waals surface area contributed by atoms with Gasteiger partial charge in [0.05, 0.1) is 23.8 Å². The second kappa shape index (κ2) is 6.17. The van der Waals surface area contributed by atoms with Gasteiger partial charge in [-0.2, -0.15) is 5.26 Å². The molecule has 0 saturated carbocycles. The van der Waals surface area contributed by atoms with Crippen molar-refractivity contribution in [2.75, 3.05) is 18.0 Å². The number of anilines is 1. The van der Waals surface area contributed by atoms with Gasteiger partial charge in [-0.25, -0.2) is 4.79 Å². The van der Waals surface area contributed by atoms with E-state index < -0.39 is 6.09 Å². The van der Waals surface area contributed by atoms with Crippen LogP contribution in [0.4, 0.5) is 10.5 Å². The van der Waals surface area contributed by atoms with Crippen LogP contribution in [-0.2, 0) is 6.42 Å². The number of carbonyl (C=O) groups is 1. The number of hydrogen-bond acceptors (Lipinski definition) is 3. The maximum Gasteiger partial charge on any atom is 0.407 e. The average Bonchev–Trinajstić information content (AvgIpc) is 2.76. The highest BCUT2D eigenvalue weighted by Gasteiger charge is 2.42. The number of amides is 1. The zero-order valence-corrected chi connectivity index (χ0v) is 13.8. The predicted octanol–water partition coefficient (Wildman–Crippen LogP) is 3.24. The number of aryl methyl sites for hydroxylation is 1. The molecule has 0 aromatic heterocycles. The summed E-state index contributed by atoms with van der Waals surface area (Å²) in [6.07, 6.45) is 2.38. The number of benzene rings is 1. The lowest BCUT2D eigenvalue weighted by Crippen LogP contribution is -2.55. The van der Waals surface area contributed by atoms with Crippen molar-refractivity contribution in [2.45, 2.75) is 37.8 Å². The zero-order valence-electron chi connectivity index (χ0n) is 12.2. The molecule has 2 fully saturated rings. The van der Waals surface area contributed by atoms with Crippen LogP contribution in [0.25, 0.3) is 0 Å². The summed E-state index contributed by atoms with van der Waals surface area (Å²) in [5.41, 5.74) is 2.26. The summed E-state index contributed by atoms with van der Waals surface area (Å²) in [4.78, 5) is 15.3. The lowest BCUT2D eigenvalue weighted by atomic mass is 10.1. The molecule has 2 atom stereocenters. The van der Waals surface area contributed by atoms with Crippen molar-refractivity contribution in [1.29, 1.82) is 5.26 Å². The lowest BCUT2D eigenvalue weighted by Gasteiger charge is -2.41. The summed E-state index contributed by atoms with van der Waals surface area (Å²) in [7, 11) is 0. The first kappa shape index (κ1) is 15.2. The first-order valence-corrected chi connectivity index (χ1v) is 8.31. The van der Waals surface area contributed by atoms with Gasteiger partial charge >= 0.3 is 6.09 Å². The van der Waals surface area contributed by atoms with Crippen LogP contribution in [0.5, 0.6) is 0 Å². The Labute approximate surface area is 138 Å². The Morgan fingerprint density at radius 1 is 1.36 bits per heavy atom. The molecule has 0 radical (unpaired) electrons. The molecule has 0 aliphatic carbocycles. The van der Waals surface area contributed by atoms with Crippen LogP contribution >= 0.6 is 15.9 Å². The minimum Gasteiger partial charge on any atom is -0.465 e. The summed E-state index contributed by atoms with van der Waals surface area (Å²) in [6, 6.07) is 8.56. The van der Waals surface area contributed by atoms with E-state index >= 15 is 0 Å². The third-order valence-corrected chi connectivity index (χ3v) is 5.22. The quantitative estimate of drug-likeness (QED) is 0.894. The normalized spacial score (nSPS) is 23.5. The molecular weight excluding hydrogens is 346 g/mol. The largest absolute Gasteiger partial charge is 0.465 e. The molecule has 5 nitrogen and oxygen atoms in total. The summed E-state index contributed by atoms with van der Waals surface area (Å²) in [5.74, 6) is 0. The van der Waals surface area contributed by atoms with E-state index in [4.69, 9.17) is 5.26 Å². The van der Waals surface area contributed by atoms with Crippen molar-refractivity contribution in [3.8, 4) is 6.07 Å². The van der Waals surface area contributed by atoms with E-state index in [1.165, 1.54) is 0 Å². The van der Waals surface area contributed by atoms with E-state index in [-0.39, 0.29) is 12.1 Å². The van der Waals surface area contributed by atoms with Gasteiger partial charge in [0.15, 0.2) is 0 Å². The highest BCUT2D eigenvalue weighted by molar-refractivity contribution is 9.10. The Balaban J connectivity index is 1.76. The van der Waals surface area contributed by atoms with E-state index in [9.17, 15) is 9.90 Å². The van der Waals surface area contributed by atoms with Crippen LogP contribution in [0.15, 0.2) is 22.7 Å². The smallest absolute Gasteiger partial charge is 0.407 e. The van der Waals surface area contributed by atoms with Gasteiger partial charge in [-0.05, 0) is 52.9 Å². The molecule has 2 unspecified atom stereocenters.